The number of carbonyl (C=O) groups excluding carboxylic acids is 1. The zero-order valence-corrected chi connectivity index (χ0v) is 10.9. The van der Waals surface area contributed by atoms with Crippen LogP contribution in [0.15, 0.2) is 36.8 Å². The number of nitrogens with zero attached hydrogens (tertiary/aromatic N) is 1. The van der Waals surface area contributed by atoms with E-state index in [2.05, 4.69) is 15.3 Å². The predicted molar refractivity (Wildman–Crippen MR) is 73.4 cm³/mol. The van der Waals surface area contributed by atoms with Crippen molar-refractivity contribution in [1.29, 1.82) is 0 Å². The second kappa shape index (κ2) is 6.72. The number of aryl methyl sites for hydroxylation is 1. The molecule has 1 atom stereocenters. The molecule has 6 heteroatoms. The summed E-state index contributed by atoms with van der Waals surface area (Å²) in [5.74, 6) is -0.107. The number of aromatic hydroxyl groups is 1. The molecule has 1 amide bonds. The molecule has 0 bridgehead atoms. The topological polar surface area (TPSA) is 98.2 Å². The number of carbonyl (C=O) groups is 1. The summed E-state index contributed by atoms with van der Waals surface area (Å²) in [6.07, 6.45) is 4.16. The van der Waals surface area contributed by atoms with Crippen molar-refractivity contribution in [3.8, 4) is 5.75 Å². The number of hydrogen-bond donors (Lipinski definition) is 4. The highest BCUT2D eigenvalue weighted by Crippen LogP contribution is 2.13. The van der Waals surface area contributed by atoms with Crippen LogP contribution < -0.4 is 5.32 Å². The van der Waals surface area contributed by atoms with E-state index in [1.807, 2.05) is 6.07 Å². The maximum Gasteiger partial charge on any atom is 0.271 e. The molecule has 4 N–H and O–H groups in total. The molecule has 0 aliphatic rings. The Morgan fingerprint density at radius 1 is 1.45 bits per heavy atom. The van der Waals surface area contributed by atoms with Crippen LogP contribution in [0.1, 0.15) is 22.5 Å². The van der Waals surface area contributed by atoms with Crippen molar-refractivity contribution in [3.63, 3.8) is 0 Å². The van der Waals surface area contributed by atoms with Crippen molar-refractivity contribution in [1.82, 2.24) is 15.3 Å². The first-order chi connectivity index (χ1) is 9.69. The molecule has 106 valence electrons. The summed E-state index contributed by atoms with van der Waals surface area (Å²) in [7, 11) is 0. The lowest BCUT2D eigenvalue weighted by atomic mass is 10.1. The van der Waals surface area contributed by atoms with Gasteiger partial charge in [-0.2, -0.15) is 0 Å². The Balaban J connectivity index is 1.88. The van der Waals surface area contributed by atoms with Crippen molar-refractivity contribution >= 4 is 5.91 Å². The van der Waals surface area contributed by atoms with Gasteiger partial charge >= 0.3 is 0 Å². The number of imidazole rings is 1. The van der Waals surface area contributed by atoms with E-state index >= 15 is 0 Å². The highest BCUT2D eigenvalue weighted by atomic mass is 16.3. The van der Waals surface area contributed by atoms with Gasteiger partial charge in [-0.25, -0.2) is 4.98 Å². The van der Waals surface area contributed by atoms with Crippen LogP contribution in [-0.4, -0.2) is 38.7 Å². The van der Waals surface area contributed by atoms with Crippen LogP contribution in [0, 0.1) is 0 Å². The largest absolute Gasteiger partial charge is 0.508 e. The number of phenolic OH excluding ortho intramolecular Hbond substituents is 1. The third-order valence-electron chi connectivity index (χ3n) is 2.98. The summed E-state index contributed by atoms with van der Waals surface area (Å²) in [5.41, 5.74) is 1.25. The van der Waals surface area contributed by atoms with Gasteiger partial charge in [0.2, 0.25) is 0 Å². The van der Waals surface area contributed by atoms with Gasteiger partial charge in [-0.15, -0.1) is 0 Å². The van der Waals surface area contributed by atoms with E-state index in [1.165, 1.54) is 12.5 Å². The molecule has 1 heterocycles. The van der Waals surface area contributed by atoms with E-state index in [0.717, 1.165) is 5.56 Å². The van der Waals surface area contributed by atoms with Gasteiger partial charge in [0.15, 0.2) is 0 Å². The Kier molecular flexibility index (Phi) is 4.73. The summed E-state index contributed by atoms with van der Waals surface area (Å²) in [6, 6.07) is 6.59. The van der Waals surface area contributed by atoms with E-state index < -0.39 is 0 Å². The first-order valence-corrected chi connectivity index (χ1v) is 6.37. The molecule has 0 saturated carbocycles. The number of nitrogens with one attached hydrogen (secondary N) is 2. The first kappa shape index (κ1) is 14.1. The molecule has 1 unspecified atom stereocenters. The number of aromatic amines is 1. The third kappa shape index (κ3) is 3.83. The molecule has 2 rings (SSSR count). The number of aromatic nitrogens is 2. The van der Waals surface area contributed by atoms with Gasteiger partial charge < -0.3 is 20.5 Å². The number of phenols is 1. The number of rotatable bonds is 6. The average Bonchev–Trinajstić information content (AvgIpc) is 2.97. The van der Waals surface area contributed by atoms with Crippen LogP contribution in [0.2, 0.25) is 0 Å². The second-order valence-corrected chi connectivity index (χ2v) is 4.52. The molecule has 0 fully saturated rings. The molecule has 6 nitrogen and oxygen atoms in total. The Morgan fingerprint density at radius 2 is 2.30 bits per heavy atom. The summed E-state index contributed by atoms with van der Waals surface area (Å²) >= 11 is 0. The number of H-pyrrole nitrogens is 1. The zero-order valence-electron chi connectivity index (χ0n) is 10.9. The van der Waals surface area contributed by atoms with Gasteiger partial charge in [0.25, 0.3) is 5.91 Å². The van der Waals surface area contributed by atoms with E-state index in [1.54, 1.807) is 18.2 Å². The van der Waals surface area contributed by atoms with Crippen molar-refractivity contribution in [2.45, 2.75) is 18.9 Å². The normalized spacial score (nSPS) is 12.1. The first-order valence-electron chi connectivity index (χ1n) is 6.37. The molecule has 2 aromatic rings. The van der Waals surface area contributed by atoms with Crippen LogP contribution in [0.25, 0.3) is 0 Å². The molecule has 1 aromatic heterocycles. The lowest BCUT2D eigenvalue weighted by molar-refractivity contribution is 0.0908. The molecule has 1 aromatic carbocycles. The van der Waals surface area contributed by atoms with Crippen molar-refractivity contribution in [2.75, 3.05) is 6.61 Å². The van der Waals surface area contributed by atoms with Gasteiger partial charge in [0.05, 0.1) is 19.0 Å². The molecule has 0 aliphatic carbocycles. The van der Waals surface area contributed by atoms with E-state index in [0.29, 0.717) is 18.5 Å². The van der Waals surface area contributed by atoms with Crippen molar-refractivity contribution in [2.24, 2.45) is 0 Å². The smallest absolute Gasteiger partial charge is 0.271 e. The Morgan fingerprint density at radius 3 is 2.95 bits per heavy atom. The maximum absolute atomic E-state index is 11.8. The maximum atomic E-state index is 11.8. The van der Waals surface area contributed by atoms with Gasteiger partial charge in [-0.05, 0) is 30.5 Å². The molecule has 0 radical (unpaired) electrons. The summed E-state index contributed by atoms with van der Waals surface area (Å²) in [5, 5.41) is 21.4. The third-order valence-corrected chi connectivity index (χ3v) is 2.98. The van der Waals surface area contributed by atoms with Gasteiger partial charge in [-0.3, -0.25) is 4.79 Å². The minimum atomic E-state index is -0.346. The number of aliphatic hydroxyl groups excluding tert-OH is 1. The standard InChI is InChI=1S/C14H17N3O3/c18-8-11(17-14(20)13-7-15-9-16-13)5-4-10-2-1-3-12(19)6-10/h1-3,6-7,9,11,18-19H,4-5,8H2,(H,15,16)(H,17,20). The van der Waals surface area contributed by atoms with Gasteiger partial charge in [-0.1, -0.05) is 12.1 Å². The molecule has 0 saturated heterocycles. The van der Waals surface area contributed by atoms with Gasteiger partial charge in [0, 0.05) is 6.20 Å². The highest BCUT2D eigenvalue weighted by Gasteiger charge is 2.14. The van der Waals surface area contributed by atoms with Gasteiger partial charge in [0.1, 0.15) is 11.4 Å². The Labute approximate surface area is 116 Å². The number of aliphatic hydroxyl groups is 1. The Bertz CT molecular complexity index is 555. The van der Waals surface area contributed by atoms with Crippen LogP contribution >= 0.6 is 0 Å². The van der Waals surface area contributed by atoms with Crippen molar-refractivity contribution < 1.29 is 15.0 Å². The lowest BCUT2D eigenvalue weighted by Crippen LogP contribution is -2.38. The molecule has 20 heavy (non-hydrogen) atoms. The van der Waals surface area contributed by atoms with E-state index in [9.17, 15) is 15.0 Å². The minimum Gasteiger partial charge on any atom is -0.508 e. The SMILES string of the molecule is O=C(NC(CO)CCc1cccc(O)c1)c1c[nH]cn1. The van der Waals surface area contributed by atoms with Crippen LogP contribution in [0.3, 0.4) is 0 Å². The summed E-state index contributed by atoms with van der Waals surface area (Å²) < 4.78 is 0. The monoisotopic (exact) mass is 275 g/mol. The predicted octanol–water partition coefficient (Wildman–Crippen LogP) is 0.839. The molecular weight excluding hydrogens is 258 g/mol. The second-order valence-electron chi connectivity index (χ2n) is 4.52. The molecule has 0 spiro atoms. The summed E-state index contributed by atoms with van der Waals surface area (Å²) in [4.78, 5) is 18.4. The Hall–Kier alpha value is -2.34. The van der Waals surface area contributed by atoms with E-state index in [4.69, 9.17) is 0 Å². The fourth-order valence-electron chi connectivity index (χ4n) is 1.91. The van der Waals surface area contributed by atoms with Crippen LogP contribution in [0.4, 0.5) is 0 Å². The molecule has 0 aliphatic heterocycles. The lowest BCUT2D eigenvalue weighted by Gasteiger charge is -2.15. The van der Waals surface area contributed by atoms with Crippen LogP contribution in [-0.2, 0) is 6.42 Å². The number of benzene rings is 1. The fourth-order valence-corrected chi connectivity index (χ4v) is 1.91. The number of amides is 1. The zero-order chi connectivity index (χ0) is 14.4. The average molecular weight is 275 g/mol. The highest BCUT2D eigenvalue weighted by molar-refractivity contribution is 5.92. The molecular formula is C14H17N3O3. The van der Waals surface area contributed by atoms with E-state index in [-0.39, 0.29) is 24.3 Å². The van der Waals surface area contributed by atoms with Crippen molar-refractivity contribution in [3.05, 3.63) is 48.0 Å². The summed E-state index contributed by atoms with van der Waals surface area (Å²) in [6.45, 7) is -0.144. The fraction of sp³-hybridized carbons (Fsp3) is 0.286. The number of hydrogen-bond acceptors (Lipinski definition) is 4. The minimum absolute atomic E-state index is 0.144. The van der Waals surface area contributed by atoms with Crippen LogP contribution in [0.5, 0.6) is 5.75 Å². The quantitative estimate of drug-likeness (QED) is 0.628.